The van der Waals surface area contributed by atoms with Crippen molar-refractivity contribution in [3.63, 3.8) is 0 Å². The monoisotopic (exact) mass is 413 g/mol. The largest absolute Gasteiger partial charge is 0.387 e. The number of hydrogen-bond acceptors (Lipinski definition) is 5. The molecule has 0 aromatic carbocycles. The van der Waals surface area contributed by atoms with Crippen LogP contribution in [0.1, 0.15) is 58.3 Å². The van der Waals surface area contributed by atoms with Crippen molar-refractivity contribution >= 4 is 5.78 Å². The van der Waals surface area contributed by atoms with Gasteiger partial charge < -0.3 is 9.84 Å². The van der Waals surface area contributed by atoms with Crippen molar-refractivity contribution < 1.29 is 14.6 Å². The molecule has 0 bridgehead atoms. The molecule has 1 N–H and O–H groups in total. The molecule has 1 heterocycles. The molecule has 0 aliphatic heterocycles. The van der Waals surface area contributed by atoms with Crippen LogP contribution >= 0.6 is 0 Å². The Morgan fingerprint density at radius 1 is 1.20 bits per heavy atom. The molecule has 5 rings (SSSR count). The molecule has 6 heteroatoms. The van der Waals surface area contributed by atoms with Gasteiger partial charge in [-0.25, -0.2) is 0 Å². The second-order valence-electron chi connectivity index (χ2n) is 10.6. The van der Waals surface area contributed by atoms with Gasteiger partial charge in [0.15, 0.2) is 5.78 Å². The number of carbonyl (C=O) groups is 1. The highest BCUT2D eigenvalue weighted by Gasteiger charge is 2.57. The standard InChI is InChI=1S/C24H35N3O3/c1-23-9-7-18-17-8-10-24(29,15-30-2)13-16(17)3-4-19(18)20(23)5-6-21(23)22(28)14-27-25-11-12-26-27/h3,11-12,17-21,29H,4-10,13-15H2,1-2H3/t17-,18+,19+,20-,21+,23-,24-/m0/s1. The summed E-state index contributed by atoms with van der Waals surface area (Å²) >= 11 is 0. The number of ether oxygens (including phenoxy) is 1. The summed E-state index contributed by atoms with van der Waals surface area (Å²) < 4.78 is 5.29. The number of Topliss-reactive ketones (excluding diaryl/α,β-unsaturated/α-hetero) is 1. The number of methoxy groups -OCH3 is 1. The van der Waals surface area contributed by atoms with E-state index in [-0.39, 0.29) is 11.3 Å². The van der Waals surface area contributed by atoms with Crippen LogP contribution in [-0.4, -0.2) is 45.2 Å². The summed E-state index contributed by atoms with van der Waals surface area (Å²) in [6.07, 6.45) is 14.1. The van der Waals surface area contributed by atoms with E-state index in [1.54, 1.807) is 19.5 Å². The summed E-state index contributed by atoms with van der Waals surface area (Å²) in [5.74, 6) is 3.10. The first-order chi connectivity index (χ1) is 14.4. The first-order valence-corrected chi connectivity index (χ1v) is 11.7. The van der Waals surface area contributed by atoms with Gasteiger partial charge >= 0.3 is 0 Å². The van der Waals surface area contributed by atoms with Crippen LogP contribution in [0.15, 0.2) is 24.0 Å². The Balaban J connectivity index is 1.33. The van der Waals surface area contributed by atoms with Crippen molar-refractivity contribution in [2.24, 2.45) is 35.0 Å². The van der Waals surface area contributed by atoms with Gasteiger partial charge in [-0.05, 0) is 80.5 Å². The van der Waals surface area contributed by atoms with Crippen molar-refractivity contribution in [1.82, 2.24) is 15.0 Å². The van der Waals surface area contributed by atoms with E-state index in [0.717, 1.165) is 44.4 Å². The average molecular weight is 414 g/mol. The second kappa shape index (κ2) is 7.56. The van der Waals surface area contributed by atoms with Crippen LogP contribution in [0.4, 0.5) is 0 Å². The number of aromatic nitrogens is 3. The predicted octanol–water partition coefficient (Wildman–Crippen LogP) is 3.41. The second-order valence-corrected chi connectivity index (χ2v) is 10.6. The van der Waals surface area contributed by atoms with Gasteiger partial charge in [0.2, 0.25) is 0 Å². The summed E-state index contributed by atoms with van der Waals surface area (Å²) in [6, 6.07) is 0. The summed E-state index contributed by atoms with van der Waals surface area (Å²) in [6.45, 7) is 3.12. The number of aliphatic hydroxyl groups is 1. The molecular formula is C24H35N3O3. The quantitative estimate of drug-likeness (QED) is 0.749. The smallest absolute Gasteiger partial charge is 0.159 e. The van der Waals surface area contributed by atoms with Gasteiger partial charge in [-0.1, -0.05) is 18.6 Å². The highest BCUT2D eigenvalue weighted by atomic mass is 16.5. The fourth-order valence-electron chi connectivity index (χ4n) is 7.86. The highest BCUT2D eigenvalue weighted by Crippen LogP contribution is 2.63. The third-order valence-electron chi connectivity index (χ3n) is 9.16. The van der Waals surface area contributed by atoms with Crippen molar-refractivity contribution in [2.75, 3.05) is 13.7 Å². The summed E-state index contributed by atoms with van der Waals surface area (Å²) in [7, 11) is 1.68. The van der Waals surface area contributed by atoms with Gasteiger partial charge in [0.25, 0.3) is 0 Å². The number of ketones is 1. The van der Waals surface area contributed by atoms with Crippen molar-refractivity contribution in [2.45, 2.75) is 70.4 Å². The van der Waals surface area contributed by atoms with Gasteiger partial charge in [-0.2, -0.15) is 15.0 Å². The zero-order chi connectivity index (χ0) is 20.9. The number of nitrogens with zero attached hydrogens (tertiary/aromatic N) is 3. The third-order valence-corrected chi connectivity index (χ3v) is 9.16. The normalized spacial score (nSPS) is 42.8. The van der Waals surface area contributed by atoms with E-state index < -0.39 is 5.60 Å². The molecule has 0 radical (unpaired) electrons. The lowest BCUT2D eigenvalue weighted by molar-refractivity contribution is -0.130. The van der Waals surface area contributed by atoms with E-state index in [4.69, 9.17) is 4.74 Å². The van der Waals surface area contributed by atoms with Crippen LogP contribution in [-0.2, 0) is 16.1 Å². The lowest BCUT2D eigenvalue weighted by Crippen LogP contribution is -2.49. The van der Waals surface area contributed by atoms with Crippen molar-refractivity contribution in [1.29, 1.82) is 0 Å². The number of hydrogen-bond donors (Lipinski definition) is 1. The first kappa shape index (κ1) is 20.4. The third kappa shape index (κ3) is 3.27. The maximum Gasteiger partial charge on any atom is 0.159 e. The molecule has 1 aromatic heterocycles. The lowest BCUT2D eigenvalue weighted by Gasteiger charge is -2.54. The van der Waals surface area contributed by atoms with E-state index in [1.165, 1.54) is 23.2 Å². The molecule has 7 atom stereocenters. The molecule has 164 valence electrons. The summed E-state index contributed by atoms with van der Waals surface area (Å²) in [5.41, 5.74) is 0.904. The van der Waals surface area contributed by atoms with E-state index in [9.17, 15) is 9.90 Å². The minimum Gasteiger partial charge on any atom is -0.387 e. The highest BCUT2D eigenvalue weighted by molar-refractivity contribution is 5.82. The van der Waals surface area contributed by atoms with Gasteiger partial charge in [-0.3, -0.25) is 4.79 Å². The number of rotatable bonds is 5. The molecule has 4 aliphatic rings. The number of carbonyl (C=O) groups excluding carboxylic acids is 1. The topological polar surface area (TPSA) is 77.2 Å². The Labute approximate surface area is 179 Å². The fraction of sp³-hybridized carbons (Fsp3) is 0.792. The molecule has 3 fully saturated rings. The molecule has 0 saturated heterocycles. The van der Waals surface area contributed by atoms with Gasteiger partial charge in [0.05, 0.1) is 24.6 Å². The lowest BCUT2D eigenvalue weighted by atomic mass is 9.51. The SMILES string of the molecule is COC[C@]1(O)CC[C@H]2C(=CC[C@@H]3[C@@H]2CC[C@]2(C)[C@@H](C(=O)Cn4nccn4)CC[C@@H]32)C1. The Bertz CT molecular complexity index is 822. The van der Waals surface area contributed by atoms with E-state index >= 15 is 0 Å². The maximum absolute atomic E-state index is 13.1. The van der Waals surface area contributed by atoms with Crippen LogP contribution in [0.5, 0.6) is 0 Å². The Kier molecular flexibility index (Phi) is 5.13. The predicted molar refractivity (Wildman–Crippen MR) is 112 cm³/mol. The fourth-order valence-corrected chi connectivity index (χ4v) is 7.86. The Morgan fingerprint density at radius 3 is 2.77 bits per heavy atom. The molecule has 1 aromatic rings. The van der Waals surface area contributed by atoms with Crippen LogP contribution in [0, 0.1) is 35.0 Å². The minimum atomic E-state index is -0.682. The Morgan fingerprint density at radius 2 is 2.00 bits per heavy atom. The zero-order valence-electron chi connectivity index (χ0n) is 18.3. The number of allylic oxidation sites excluding steroid dienone is 1. The average Bonchev–Trinajstić information content (AvgIpc) is 3.34. The van der Waals surface area contributed by atoms with Gasteiger partial charge in [0.1, 0.15) is 6.54 Å². The van der Waals surface area contributed by atoms with Crippen LogP contribution < -0.4 is 0 Å². The minimum absolute atomic E-state index is 0.113. The molecule has 3 saturated carbocycles. The van der Waals surface area contributed by atoms with Crippen molar-refractivity contribution in [3.8, 4) is 0 Å². The van der Waals surface area contributed by atoms with Crippen molar-refractivity contribution in [3.05, 3.63) is 24.0 Å². The maximum atomic E-state index is 13.1. The molecule has 0 amide bonds. The molecular weight excluding hydrogens is 378 g/mol. The molecule has 6 nitrogen and oxygen atoms in total. The zero-order valence-corrected chi connectivity index (χ0v) is 18.3. The van der Waals surface area contributed by atoms with Gasteiger partial charge in [0, 0.05) is 13.0 Å². The molecule has 4 aliphatic carbocycles. The summed E-state index contributed by atoms with van der Waals surface area (Å²) in [5, 5.41) is 19.2. The van der Waals surface area contributed by atoms with Crippen LogP contribution in [0.3, 0.4) is 0 Å². The first-order valence-electron chi connectivity index (χ1n) is 11.7. The van der Waals surface area contributed by atoms with E-state index in [1.807, 2.05) is 0 Å². The van der Waals surface area contributed by atoms with Crippen LogP contribution in [0.25, 0.3) is 0 Å². The van der Waals surface area contributed by atoms with E-state index in [0.29, 0.717) is 36.7 Å². The summed E-state index contributed by atoms with van der Waals surface area (Å²) in [4.78, 5) is 14.7. The van der Waals surface area contributed by atoms with Gasteiger partial charge in [-0.15, -0.1) is 0 Å². The number of fused-ring (bicyclic) bond motifs is 5. The Hall–Kier alpha value is -1.53. The molecule has 0 spiro atoms. The van der Waals surface area contributed by atoms with E-state index in [2.05, 4.69) is 23.2 Å². The molecule has 0 unspecified atom stereocenters. The molecule has 30 heavy (non-hydrogen) atoms. The van der Waals surface area contributed by atoms with Crippen LogP contribution in [0.2, 0.25) is 0 Å².